The molecule has 1 aromatic heterocycles. The Morgan fingerprint density at radius 2 is 1.80 bits per heavy atom. The van der Waals surface area contributed by atoms with E-state index in [2.05, 4.69) is 21.9 Å². The number of aromatic carboxylic acids is 1. The maximum absolute atomic E-state index is 11.7. The molecule has 2 aliphatic rings. The molecule has 6 nitrogen and oxygen atoms in total. The SMILES string of the molecule is O=C(O)c1cc(C#Cc2ccc(OCc3c(-c4c(Cl)cccc4Cl)noc3C3CC3)cc2Cl)cc(CN2CCC2)c1. The predicted molar refractivity (Wildman–Crippen MR) is 159 cm³/mol. The molecule has 208 valence electrons. The molecule has 2 heterocycles. The summed E-state index contributed by atoms with van der Waals surface area (Å²) in [5.41, 5.74) is 4.40. The number of ether oxygens (including phenoxy) is 1. The maximum Gasteiger partial charge on any atom is 0.335 e. The van der Waals surface area contributed by atoms with Crippen LogP contribution in [0.4, 0.5) is 0 Å². The van der Waals surface area contributed by atoms with Crippen molar-refractivity contribution in [2.45, 2.75) is 38.3 Å². The standard InChI is InChI=1S/C32H25Cl3N2O4/c33-26-3-1-4-27(34)29(26)30-25(31(41-36-30)22-7-8-22)18-40-24-10-9-21(28(35)16-24)6-5-19-13-20(17-37-11-2-12-37)15-23(14-19)32(38)39/h1,3-4,9-10,13-16,22H,2,7-8,11-12,17-18H2,(H,38,39). The number of halogens is 3. The monoisotopic (exact) mass is 606 g/mol. The molecule has 0 bridgehead atoms. The first-order valence-corrected chi connectivity index (χ1v) is 14.5. The van der Waals surface area contributed by atoms with Crippen molar-refractivity contribution in [3.05, 3.63) is 103 Å². The van der Waals surface area contributed by atoms with Gasteiger partial charge in [0.1, 0.15) is 23.8 Å². The average molecular weight is 608 g/mol. The van der Waals surface area contributed by atoms with Crippen LogP contribution in [0.2, 0.25) is 15.1 Å². The molecule has 9 heteroatoms. The van der Waals surface area contributed by atoms with Gasteiger partial charge in [-0.25, -0.2) is 4.79 Å². The van der Waals surface area contributed by atoms with Gasteiger partial charge in [0, 0.05) is 35.2 Å². The third-order valence-electron chi connectivity index (χ3n) is 7.23. The Labute approximate surface area is 252 Å². The minimum atomic E-state index is -0.976. The van der Waals surface area contributed by atoms with Gasteiger partial charge < -0.3 is 14.4 Å². The second-order valence-electron chi connectivity index (χ2n) is 10.3. The molecule has 6 rings (SSSR count). The molecular weight excluding hydrogens is 583 g/mol. The lowest BCUT2D eigenvalue weighted by Gasteiger charge is -2.30. The lowest BCUT2D eigenvalue weighted by atomic mass is 10.0. The highest BCUT2D eigenvalue weighted by atomic mass is 35.5. The second-order valence-corrected chi connectivity index (χ2v) is 11.5. The van der Waals surface area contributed by atoms with E-state index in [1.807, 2.05) is 6.07 Å². The predicted octanol–water partition coefficient (Wildman–Crippen LogP) is 8.06. The lowest BCUT2D eigenvalue weighted by Crippen LogP contribution is -2.36. The molecule has 1 aliphatic heterocycles. The summed E-state index contributed by atoms with van der Waals surface area (Å²) in [6, 6.07) is 15.8. The highest BCUT2D eigenvalue weighted by molar-refractivity contribution is 6.39. The Bertz CT molecular complexity index is 1680. The zero-order valence-corrected chi connectivity index (χ0v) is 24.2. The van der Waals surface area contributed by atoms with Gasteiger partial charge in [0.2, 0.25) is 0 Å². The van der Waals surface area contributed by atoms with E-state index in [-0.39, 0.29) is 12.2 Å². The van der Waals surface area contributed by atoms with E-state index in [1.54, 1.807) is 48.5 Å². The van der Waals surface area contributed by atoms with E-state index in [1.165, 1.54) is 6.42 Å². The molecule has 4 aromatic rings. The van der Waals surface area contributed by atoms with Gasteiger partial charge in [-0.3, -0.25) is 4.90 Å². The summed E-state index contributed by atoms with van der Waals surface area (Å²) in [6.07, 6.45) is 3.24. The van der Waals surface area contributed by atoms with Crippen molar-refractivity contribution in [1.82, 2.24) is 10.1 Å². The number of carbonyl (C=O) groups is 1. The Kier molecular flexibility index (Phi) is 7.96. The van der Waals surface area contributed by atoms with Crippen LogP contribution in [0.25, 0.3) is 11.3 Å². The number of nitrogens with zero attached hydrogens (tertiary/aromatic N) is 2. The largest absolute Gasteiger partial charge is 0.489 e. The minimum absolute atomic E-state index is 0.204. The molecule has 0 unspecified atom stereocenters. The molecule has 0 spiro atoms. The summed E-state index contributed by atoms with van der Waals surface area (Å²) in [7, 11) is 0. The van der Waals surface area contributed by atoms with Gasteiger partial charge in [-0.15, -0.1) is 0 Å². The topological polar surface area (TPSA) is 75.8 Å². The van der Waals surface area contributed by atoms with Gasteiger partial charge in [0.05, 0.1) is 26.2 Å². The minimum Gasteiger partial charge on any atom is -0.489 e. The fourth-order valence-electron chi connectivity index (χ4n) is 4.81. The zero-order chi connectivity index (χ0) is 28.5. The van der Waals surface area contributed by atoms with E-state index >= 15 is 0 Å². The highest BCUT2D eigenvalue weighted by Gasteiger charge is 2.33. The van der Waals surface area contributed by atoms with Crippen LogP contribution in [0.15, 0.2) is 59.1 Å². The van der Waals surface area contributed by atoms with Crippen LogP contribution in [0.5, 0.6) is 5.75 Å². The third-order valence-corrected chi connectivity index (χ3v) is 8.17. The summed E-state index contributed by atoms with van der Waals surface area (Å²) in [6.45, 7) is 2.96. The van der Waals surface area contributed by atoms with Crippen LogP contribution < -0.4 is 4.74 Å². The molecule has 1 saturated heterocycles. The lowest BCUT2D eigenvalue weighted by molar-refractivity contribution is 0.0696. The molecule has 1 N–H and O–H groups in total. The summed E-state index contributed by atoms with van der Waals surface area (Å²) in [5.74, 6) is 6.84. The van der Waals surface area contributed by atoms with E-state index in [0.29, 0.717) is 55.7 Å². The molecule has 3 aromatic carbocycles. The van der Waals surface area contributed by atoms with Crippen LogP contribution in [-0.4, -0.2) is 34.2 Å². The zero-order valence-electron chi connectivity index (χ0n) is 21.9. The Balaban J connectivity index is 1.21. The quantitative estimate of drug-likeness (QED) is 0.204. The first-order chi connectivity index (χ1) is 19.9. The molecule has 0 radical (unpaired) electrons. The molecule has 1 aliphatic carbocycles. The van der Waals surface area contributed by atoms with Crippen LogP contribution in [0.1, 0.15) is 63.6 Å². The molecule has 0 amide bonds. The van der Waals surface area contributed by atoms with Crippen molar-refractivity contribution in [3.8, 4) is 28.8 Å². The van der Waals surface area contributed by atoms with Gasteiger partial charge in [-0.1, -0.05) is 57.9 Å². The Morgan fingerprint density at radius 3 is 2.46 bits per heavy atom. The molecule has 2 fully saturated rings. The number of aromatic nitrogens is 1. The highest BCUT2D eigenvalue weighted by Crippen LogP contribution is 2.46. The fraction of sp³-hybridized carbons (Fsp3) is 0.250. The first-order valence-electron chi connectivity index (χ1n) is 13.3. The van der Waals surface area contributed by atoms with E-state index < -0.39 is 5.97 Å². The van der Waals surface area contributed by atoms with Crippen molar-refractivity contribution in [2.75, 3.05) is 13.1 Å². The molecular formula is C32H25Cl3N2O4. The van der Waals surface area contributed by atoms with Crippen LogP contribution in [0, 0.1) is 11.8 Å². The fourth-order valence-corrected chi connectivity index (χ4v) is 5.60. The van der Waals surface area contributed by atoms with Crippen molar-refractivity contribution in [2.24, 2.45) is 0 Å². The Hall–Kier alpha value is -3.47. The van der Waals surface area contributed by atoms with Crippen LogP contribution in [-0.2, 0) is 13.2 Å². The van der Waals surface area contributed by atoms with Crippen molar-refractivity contribution in [1.29, 1.82) is 0 Å². The number of hydrogen-bond donors (Lipinski definition) is 1. The normalized spacial score (nSPS) is 14.7. The van der Waals surface area contributed by atoms with Gasteiger partial charge in [0.25, 0.3) is 0 Å². The van der Waals surface area contributed by atoms with Crippen molar-refractivity contribution >= 4 is 40.8 Å². The molecule has 41 heavy (non-hydrogen) atoms. The first kappa shape index (κ1) is 27.7. The maximum atomic E-state index is 11.7. The number of carboxylic acid groups (broad SMARTS) is 1. The van der Waals surface area contributed by atoms with Crippen molar-refractivity contribution < 1.29 is 19.2 Å². The molecule has 1 saturated carbocycles. The van der Waals surface area contributed by atoms with E-state index in [4.69, 9.17) is 44.1 Å². The average Bonchev–Trinajstić information content (AvgIpc) is 3.69. The van der Waals surface area contributed by atoms with Gasteiger partial charge >= 0.3 is 5.97 Å². The number of rotatable bonds is 8. The van der Waals surface area contributed by atoms with Gasteiger partial charge in [0.15, 0.2) is 0 Å². The van der Waals surface area contributed by atoms with E-state index in [9.17, 15) is 9.90 Å². The van der Waals surface area contributed by atoms with Crippen LogP contribution >= 0.6 is 34.8 Å². The third kappa shape index (κ3) is 6.24. The number of hydrogen-bond acceptors (Lipinski definition) is 5. The summed E-state index contributed by atoms with van der Waals surface area (Å²) in [5, 5.41) is 15.3. The van der Waals surface area contributed by atoms with Gasteiger partial charge in [-0.2, -0.15) is 0 Å². The van der Waals surface area contributed by atoms with Gasteiger partial charge in [-0.05, 0) is 80.4 Å². The summed E-state index contributed by atoms with van der Waals surface area (Å²) in [4.78, 5) is 13.9. The summed E-state index contributed by atoms with van der Waals surface area (Å²) < 4.78 is 11.9. The number of carboxylic acids is 1. The number of benzene rings is 3. The molecule has 0 atom stereocenters. The van der Waals surface area contributed by atoms with Crippen LogP contribution in [0.3, 0.4) is 0 Å². The number of likely N-dealkylation sites (tertiary alicyclic amines) is 1. The second kappa shape index (κ2) is 11.8. The van der Waals surface area contributed by atoms with Crippen molar-refractivity contribution in [3.63, 3.8) is 0 Å². The smallest absolute Gasteiger partial charge is 0.335 e. The summed E-state index contributed by atoms with van der Waals surface area (Å²) >= 11 is 19.5. The van der Waals surface area contributed by atoms with E-state index in [0.717, 1.165) is 42.8 Å². The Morgan fingerprint density at radius 1 is 1.02 bits per heavy atom.